The van der Waals surface area contributed by atoms with Gasteiger partial charge in [-0.05, 0) is 11.1 Å². The first-order valence-electron chi connectivity index (χ1n) is 4.63. The van der Waals surface area contributed by atoms with Gasteiger partial charge in [-0.2, -0.15) is 0 Å². The normalized spacial score (nSPS) is 17.9. The predicted molar refractivity (Wildman–Crippen MR) is 53.7 cm³/mol. The van der Waals surface area contributed by atoms with Crippen molar-refractivity contribution in [2.75, 3.05) is 0 Å². The van der Waals surface area contributed by atoms with Crippen LogP contribution in [0.2, 0.25) is 0 Å². The van der Waals surface area contributed by atoms with E-state index in [1.165, 1.54) is 12.1 Å². The minimum Gasteiger partial charge on any atom is -0.299 e. The zero-order chi connectivity index (χ0) is 11.7. The number of rotatable bonds is 3. The third-order valence-electron chi connectivity index (χ3n) is 2.55. The quantitative estimate of drug-likeness (QED) is 0.347. The van der Waals surface area contributed by atoms with Gasteiger partial charge in [-0.15, -0.1) is 0 Å². The van der Waals surface area contributed by atoms with Gasteiger partial charge in [0, 0.05) is 18.7 Å². The Balaban J connectivity index is 2.44. The lowest BCUT2D eigenvalue weighted by atomic mass is 10.0. The second-order valence-electron chi connectivity index (χ2n) is 3.47. The molecule has 0 amide bonds. The molecule has 1 heterocycles. The Bertz CT molecular complexity index is 484. The zero-order valence-electron chi connectivity index (χ0n) is 8.17. The van der Waals surface area contributed by atoms with Gasteiger partial charge in [0.2, 0.25) is 5.78 Å². The molecule has 1 aromatic rings. The van der Waals surface area contributed by atoms with E-state index in [2.05, 4.69) is 5.32 Å². The molecule has 0 spiro atoms. The van der Waals surface area contributed by atoms with Crippen LogP contribution < -0.4 is 5.32 Å². The molecule has 6 nitrogen and oxygen atoms in total. The molecule has 0 saturated heterocycles. The highest BCUT2D eigenvalue weighted by molar-refractivity contribution is 6.27. The number of nitro benzene ring substituents is 1. The topological polar surface area (TPSA) is 89.3 Å². The molecule has 0 radical (unpaired) electrons. The van der Waals surface area contributed by atoms with Crippen molar-refractivity contribution in [1.29, 1.82) is 0 Å². The molecule has 0 aromatic heterocycles. The number of Topliss-reactive ketones (excluding diaryl/α,β-unsaturated/α-hetero) is 1. The van der Waals surface area contributed by atoms with E-state index in [1.54, 1.807) is 6.07 Å². The highest BCUT2D eigenvalue weighted by atomic mass is 16.6. The average molecular weight is 220 g/mol. The maximum atomic E-state index is 11.3. The van der Waals surface area contributed by atoms with E-state index >= 15 is 0 Å². The summed E-state index contributed by atoms with van der Waals surface area (Å²) in [5.74, 6) is -0.612. The maximum Gasteiger partial charge on any atom is 0.269 e. The van der Waals surface area contributed by atoms with Crippen molar-refractivity contribution in [2.45, 2.75) is 12.6 Å². The summed E-state index contributed by atoms with van der Waals surface area (Å²) in [6.45, 7) is 0.442. The molecule has 1 N–H and O–H groups in total. The van der Waals surface area contributed by atoms with Crippen LogP contribution in [0.5, 0.6) is 0 Å². The lowest BCUT2D eigenvalue weighted by Crippen LogP contribution is -2.22. The molecular weight excluding hydrogens is 212 g/mol. The second kappa shape index (κ2) is 3.82. The Kier molecular flexibility index (Phi) is 2.49. The summed E-state index contributed by atoms with van der Waals surface area (Å²) < 4.78 is 0. The van der Waals surface area contributed by atoms with E-state index in [0.29, 0.717) is 12.1 Å². The number of ketones is 1. The summed E-state index contributed by atoms with van der Waals surface area (Å²) in [6.07, 6.45) is 0.228. The van der Waals surface area contributed by atoms with Crippen LogP contribution in [-0.4, -0.2) is 17.0 Å². The maximum absolute atomic E-state index is 11.3. The van der Waals surface area contributed by atoms with Crippen LogP contribution in [0.25, 0.3) is 0 Å². The molecule has 1 atom stereocenters. The van der Waals surface area contributed by atoms with Crippen molar-refractivity contribution in [1.82, 2.24) is 5.32 Å². The van der Waals surface area contributed by atoms with E-state index in [0.717, 1.165) is 5.56 Å². The second-order valence-corrected chi connectivity index (χ2v) is 3.47. The molecular formula is C10H8N2O4. The number of nitro groups is 1. The summed E-state index contributed by atoms with van der Waals surface area (Å²) in [7, 11) is 0. The summed E-state index contributed by atoms with van der Waals surface area (Å²) in [4.78, 5) is 31.7. The fourth-order valence-electron chi connectivity index (χ4n) is 1.77. The molecule has 1 aromatic carbocycles. The minimum atomic E-state index is -0.743. The van der Waals surface area contributed by atoms with E-state index in [4.69, 9.17) is 0 Å². The van der Waals surface area contributed by atoms with Crippen LogP contribution in [0.3, 0.4) is 0 Å². The predicted octanol–water partition coefficient (Wildman–Crippen LogP) is 0.507. The van der Waals surface area contributed by atoms with Gasteiger partial charge >= 0.3 is 0 Å². The lowest BCUT2D eigenvalue weighted by molar-refractivity contribution is -0.384. The molecule has 2 rings (SSSR count). The largest absolute Gasteiger partial charge is 0.299 e. The minimum absolute atomic E-state index is 0.0776. The van der Waals surface area contributed by atoms with Crippen molar-refractivity contribution in [2.24, 2.45) is 0 Å². The Morgan fingerprint density at radius 2 is 2.31 bits per heavy atom. The monoisotopic (exact) mass is 220 g/mol. The van der Waals surface area contributed by atoms with Crippen LogP contribution in [0, 0.1) is 10.1 Å². The van der Waals surface area contributed by atoms with Crippen LogP contribution in [0.4, 0.5) is 5.69 Å². The number of fused-ring (bicyclic) bond motifs is 1. The lowest BCUT2D eigenvalue weighted by Gasteiger charge is -2.05. The van der Waals surface area contributed by atoms with Gasteiger partial charge in [0.15, 0.2) is 6.29 Å². The SMILES string of the molecule is O=CC(=O)C1NCc2ccc([N+](=O)[O-])cc21. The number of aldehydes is 1. The van der Waals surface area contributed by atoms with Gasteiger partial charge < -0.3 is 0 Å². The smallest absolute Gasteiger partial charge is 0.269 e. The van der Waals surface area contributed by atoms with E-state index in [1.807, 2.05) is 0 Å². The first-order chi connectivity index (χ1) is 7.63. The van der Waals surface area contributed by atoms with Crippen molar-refractivity contribution in [3.8, 4) is 0 Å². The molecule has 82 valence electrons. The summed E-state index contributed by atoms with van der Waals surface area (Å²) in [5, 5.41) is 13.4. The highest BCUT2D eigenvalue weighted by Gasteiger charge is 2.29. The molecule has 1 unspecified atom stereocenters. The van der Waals surface area contributed by atoms with Crippen LogP contribution in [0.1, 0.15) is 17.2 Å². The van der Waals surface area contributed by atoms with Gasteiger partial charge in [-0.1, -0.05) is 6.07 Å². The van der Waals surface area contributed by atoms with Gasteiger partial charge in [0.05, 0.1) is 4.92 Å². The van der Waals surface area contributed by atoms with Crippen molar-refractivity contribution >= 4 is 17.8 Å². The Hall–Kier alpha value is -2.08. The average Bonchev–Trinajstić information content (AvgIpc) is 2.70. The molecule has 1 aliphatic rings. The van der Waals surface area contributed by atoms with E-state index in [9.17, 15) is 19.7 Å². The van der Waals surface area contributed by atoms with Crippen LogP contribution >= 0.6 is 0 Å². The third kappa shape index (κ3) is 1.59. The summed E-state index contributed by atoms with van der Waals surface area (Å²) in [6, 6.07) is 3.57. The number of benzene rings is 1. The fraction of sp³-hybridized carbons (Fsp3) is 0.200. The number of hydrogen-bond acceptors (Lipinski definition) is 5. The molecule has 0 fully saturated rings. The molecule has 0 aliphatic carbocycles. The van der Waals surface area contributed by atoms with Crippen molar-refractivity contribution < 1.29 is 14.5 Å². The third-order valence-corrected chi connectivity index (χ3v) is 2.55. The van der Waals surface area contributed by atoms with Gasteiger partial charge in [0.25, 0.3) is 5.69 Å². The fourth-order valence-corrected chi connectivity index (χ4v) is 1.77. The molecule has 16 heavy (non-hydrogen) atoms. The highest BCUT2D eigenvalue weighted by Crippen LogP contribution is 2.29. The standard InChI is InChI=1S/C10H8N2O4/c13-5-9(14)10-8-3-7(12(15)16)2-1-6(8)4-11-10/h1-3,5,10-11H,4H2. The summed E-state index contributed by atoms with van der Waals surface area (Å²) in [5.41, 5.74) is 1.25. The van der Waals surface area contributed by atoms with Gasteiger partial charge in [0.1, 0.15) is 6.04 Å². The van der Waals surface area contributed by atoms with Crippen LogP contribution in [0.15, 0.2) is 18.2 Å². The first-order valence-corrected chi connectivity index (χ1v) is 4.63. The molecule has 1 aliphatic heterocycles. The molecule has 0 saturated carbocycles. The Labute approximate surface area is 90.4 Å². The molecule has 6 heteroatoms. The van der Waals surface area contributed by atoms with Gasteiger partial charge in [-0.25, -0.2) is 0 Å². The van der Waals surface area contributed by atoms with E-state index < -0.39 is 16.7 Å². The number of hydrogen-bond donors (Lipinski definition) is 1. The number of non-ortho nitro benzene ring substituents is 1. The number of nitrogens with one attached hydrogen (secondary N) is 1. The zero-order valence-corrected chi connectivity index (χ0v) is 8.17. The number of carbonyl (C=O) groups excluding carboxylic acids is 2. The number of nitrogens with zero attached hydrogens (tertiary/aromatic N) is 1. The number of carbonyl (C=O) groups is 2. The first kappa shape index (κ1) is 10.4. The van der Waals surface area contributed by atoms with Crippen LogP contribution in [-0.2, 0) is 16.1 Å². The van der Waals surface area contributed by atoms with Crippen molar-refractivity contribution in [3.05, 3.63) is 39.4 Å². The summed E-state index contributed by atoms with van der Waals surface area (Å²) >= 11 is 0. The van der Waals surface area contributed by atoms with E-state index in [-0.39, 0.29) is 12.0 Å². The molecule has 0 bridgehead atoms. The van der Waals surface area contributed by atoms with Crippen molar-refractivity contribution in [3.63, 3.8) is 0 Å². The van der Waals surface area contributed by atoms with Gasteiger partial charge in [-0.3, -0.25) is 25.0 Å². The Morgan fingerprint density at radius 3 is 2.94 bits per heavy atom. The Morgan fingerprint density at radius 1 is 1.56 bits per heavy atom.